The first-order chi connectivity index (χ1) is 29.1. The highest BCUT2D eigenvalue weighted by Gasteiger charge is 2.45. The molecule has 19 heteroatoms. The molecule has 62 heavy (non-hydrogen) atoms. The lowest BCUT2D eigenvalue weighted by molar-refractivity contribution is -0.161. The first-order valence-electron chi connectivity index (χ1n) is 20.7. The van der Waals surface area contributed by atoms with Crippen molar-refractivity contribution in [2.45, 2.75) is 110 Å². The van der Waals surface area contributed by atoms with Crippen molar-refractivity contribution in [1.82, 2.24) is 41.0 Å². The molecule has 9 unspecified atom stereocenters. The summed E-state index contributed by atoms with van der Waals surface area (Å²) < 4.78 is 5.89. The molecule has 2 saturated heterocycles. The van der Waals surface area contributed by atoms with E-state index in [0.717, 1.165) is 14.7 Å². The van der Waals surface area contributed by atoms with Crippen molar-refractivity contribution < 1.29 is 53.3 Å². The van der Waals surface area contributed by atoms with Crippen LogP contribution in [-0.2, 0) is 38.3 Å². The highest BCUT2D eigenvalue weighted by Crippen LogP contribution is 2.26. The summed E-state index contributed by atoms with van der Waals surface area (Å²) in [7, 11) is 2.67. The number of aliphatic hydroxyl groups is 1. The number of nitrogens with one attached hydrogen (secondary N) is 4. The van der Waals surface area contributed by atoms with E-state index in [9.17, 15) is 48.6 Å². The van der Waals surface area contributed by atoms with Crippen molar-refractivity contribution in [3.05, 3.63) is 59.9 Å². The van der Waals surface area contributed by atoms with Crippen LogP contribution < -0.4 is 21.3 Å². The maximum absolute atomic E-state index is 14.4. The Morgan fingerprint density at radius 2 is 1.55 bits per heavy atom. The molecule has 1 aromatic carbocycles. The maximum atomic E-state index is 14.4. The third kappa shape index (κ3) is 11.8. The Bertz CT molecular complexity index is 1980. The number of hydrogen-bond donors (Lipinski definition) is 6. The highest BCUT2D eigenvalue weighted by atomic mass is 16.5. The normalized spacial score (nSPS) is 27.1. The topological polar surface area (TPSA) is 257 Å². The van der Waals surface area contributed by atoms with Gasteiger partial charge in [-0.3, -0.25) is 33.6 Å². The molecular formula is C43H60N8O11. The molecule has 3 heterocycles. The van der Waals surface area contributed by atoms with Gasteiger partial charge >= 0.3 is 5.97 Å². The molecular weight excluding hydrogens is 805 g/mol. The molecule has 338 valence electrons. The van der Waals surface area contributed by atoms with Gasteiger partial charge in [-0.05, 0) is 55.7 Å². The van der Waals surface area contributed by atoms with Gasteiger partial charge < -0.3 is 50.9 Å². The number of benzene rings is 1. The lowest BCUT2D eigenvalue weighted by Crippen LogP contribution is -2.60. The van der Waals surface area contributed by atoms with Gasteiger partial charge in [0.15, 0.2) is 11.7 Å². The Hall–Kier alpha value is -6.11. The lowest BCUT2D eigenvalue weighted by atomic mass is 9.89. The molecule has 2 aromatic rings. The van der Waals surface area contributed by atoms with Crippen LogP contribution in [0.1, 0.15) is 83.4 Å². The van der Waals surface area contributed by atoms with Crippen LogP contribution in [0.15, 0.2) is 48.7 Å². The number of hydrogen-bond acceptors (Lipinski definition) is 12. The van der Waals surface area contributed by atoms with Crippen molar-refractivity contribution in [2.24, 2.45) is 17.8 Å². The summed E-state index contributed by atoms with van der Waals surface area (Å²) in [5, 5.41) is 31.7. The fraction of sp³-hybridized carbons (Fsp3) is 0.558. The van der Waals surface area contributed by atoms with Gasteiger partial charge in [0.25, 0.3) is 5.91 Å². The first kappa shape index (κ1) is 48.6. The second-order valence-corrected chi connectivity index (χ2v) is 16.9. The number of carbonyl (C=O) groups is 8. The summed E-state index contributed by atoms with van der Waals surface area (Å²) in [5.41, 5.74) is -0.148. The summed E-state index contributed by atoms with van der Waals surface area (Å²) in [4.78, 5) is 119. The lowest BCUT2D eigenvalue weighted by Gasteiger charge is -2.34. The summed E-state index contributed by atoms with van der Waals surface area (Å²) in [6, 6.07) is 2.53. The monoisotopic (exact) mass is 864 g/mol. The van der Waals surface area contributed by atoms with E-state index in [1.807, 2.05) is 13.8 Å². The van der Waals surface area contributed by atoms with E-state index in [4.69, 9.17) is 4.74 Å². The SMILES string of the molecule is CC(C)CC1NC(=O)C(NC(=O)c2ncccc2O)C(C)OC(=O)C(c2ccccc2)N(C)C(=O)C(C)NC(=O)C(C(C)C(C)C)NC(=O)CN(C)C(=O)C2CC(O)CN2C1=O. The Labute approximate surface area is 361 Å². The predicted octanol–water partition coefficient (Wildman–Crippen LogP) is 0.263. The fourth-order valence-electron chi connectivity index (χ4n) is 7.48. The maximum Gasteiger partial charge on any atom is 0.333 e. The predicted molar refractivity (Wildman–Crippen MR) is 223 cm³/mol. The summed E-state index contributed by atoms with van der Waals surface area (Å²) >= 11 is 0. The van der Waals surface area contributed by atoms with E-state index in [2.05, 4.69) is 26.3 Å². The minimum absolute atomic E-state index is 0.0326. The fourth-order valence-corrected chi connectivity index (χ4v) is 7.48. The molecule has 4 rings (SSSR count). The number of amides is 7. The van der Waals surface area contributed by atoms with E-state index in [1.54, 1.807) is 51.1 Å². The van der Waals surface area contributed by atoms with Gasteiger partial charge in [-0.25, -0.2) is 9.78 Å². The van der Waals surface area contributed by atoms with Crippen LogP contribution in [0.3, 0.4) is 0 Å². The third-order valence-corrected chi connectivity index (χ3v) is 11.2. The van der Waals surface area contributed by atoms with Crippen molar-refractivity contribution >= 4 is 47.3 Å². The number of esters is 1. The summed E-state index contributed by atoms with van der Waals surface area (Å²) in [5.74, 6) is -7.91. The molecule has 0 bridgehead atoms. The average molecular weight is 865 g/mol. The quantitative estimate of drug-likeness (QED) is 0.205. The van der Waals surface area contributed by atoms with Crippen LogP contribution in [0.4, 0.5) is 0 Å². The van der Waals surface area contributed by atoms with E-state index in [1.165, 1.54) is 46.3 Å². The largest absolute Gasteiger partial charge is 0.505 e. The Balaban J connectivity index is 1.84. The van der Waals surface area contributed by atoms with Crippen LogP contribution in [0.5, 0.6) is 5.75 Å². The number of aromatic hydroxyl groups is 1. The molecule has 2 aliphatic heterocycles. The molecule has 6 N–H and O–H groups in total. The molecule has 0 radical (unpaired) electrons. The van der Waals surface area contributed by atoms with E-state index in [-0.39, 0.29) is 31.2 Å². The van der Waals surface area contributed by atoms with E-state index < -0.39 is 120 Å². The molecule has 7 amide bonds. The molecule has 19 nitrogen and oxygen atoms in total. The number of likely N-dealkylation sites (N-methyl/N-ethyl adjacent to an activating group) is 2. The summed E-state index contributed by atoms with van der Waals surface area (Å²) in [6.07, 6.45) is -1.53. The van der Waals surface area contributed by atoms with Gasteiger partial charge in [-0.2, -0.15) is 0 Å². The van der Waals surface area contributed by atoms with Crippen LogP contribution in [0.2, 0.25) is 0 Å². The van der Waals surface area contributed by atoms with E-state index in [0.29, 0.717) is 5.56 Å². The third-order valence-electron chi connectivity index (χ3n) is 11.2. The van der Waals surface area contributed by atoms with Crippen LogP contribution in [-0.4, -0.2) is 147 Å². The summed E-state index contributed by atoms with van der Waals surface area (Å²) in [6.45, 7) is 11.0. The van der Waals surface area contributed by atoms with Crippen molar-refractivity contribution in [3.8, 4) is 5.75 Å². The van der Waals surface area contributed by atoms with Crippen LogP contribution >= 0.6 is 0 Å². The number of nitrogens with zero attached hydrogens (tertiary/aromatic N) is 4. The second-order valence-electron chi connectivity index (χ2n) is 16.9. The number of pyridine rings is 1. The average Bonchev–Trinajstić information content (AvgIpc) is 3.61. The van der Waals surface area contributed by atoms with Gasteiger partial charge in [0, 0.05) is 33.3 Å². The number of cyclic esters (lactones) is 1. The van der Waals surface area contributed by atoms with E-state index >= 15 is 0 Å². The van der Waals surface area contributed by atoms with Gasteiger partial charge in [-0.1, -0.05) is 65.0 Å². The molecule has 0 spiro atoms. The zero-order valence-corrected chi connectivity index (χ0v) is 36.7. The standard InChI is InChI=1S/C43H60N8O11/c1-22(2)18-29-41(59)51-20-28(52)19-30(51)42(60)49(8)21-32(54)47-33(24(5)23(3)4)37(55)45-25(6)40(58)50(9)36(27-14-11-10-12-15-27)43(61)62-26(7)34(38(56)46-29)48-39(57)35-31(53)16-13-17-44-35/h10-17,22-26,28-30,33-34,36,52-53H,18-21H2,1-9H3,(H,45,55)(H,46,56)(H,47,54)(H,48,57). The molecule has 0 aliphatic carbocycles. The minimum Gasteiger partial charge on any atom is -0.505 e. The number of aliphatic hydroxyl groups excluding tert-OH is 1. The smallest absolute Gasteiger partial charge is 0.333 e. The van der Waals surface area contributed by atoms with Gasteiger partial charge in [0.05, 0.1) is 12.6 Å². The Morgan fingerprint density at radius 3 is 2.16 bits per heavy atom. The van der Waals surface area contributed by atoms with Gasteiger partial charge in [0.2, 0.25) is 35.4 Å². The minimum atomic E-state index is -1.74. The number of ether oxygens (including phenoxy) is 1. The van der Waals surface area contributed by atoms with Crippen molar-refractivity contribution in [2.75, 3.05) is 27.2 Å². The number of fused-ring (bicyclic) bond motifs is 1. The molecule has 2 aliphatic rings. The van der Waals surface area contributed by atoms with Crippen LogP contribution in [0.25, 0.3) is 0 Å². The Kier molecular flexibility index (Phi) is 16.5. The second kappa shape index (κ2) is 21.1. The molecule has 9 atom stereocenters. The first-order valence-corrected chi connectivity index (χ1v) is 20.7. The zero-order chi connectivity index (χ0) is 46.2. The molecule has 1 aromatic heterocycles. The Morgan fingerprint density at radius 1 is 0.887 bits per heavy atom. The number of rotatable bonds is 7. The molecule has 0 saturated carbocycles. The van der Waals surface area contributed by atoms with Crippen molar-refractivity contribution in [1.29, 1.82) is 0 Å². The highest BCUT2D eigenvalue weighted by molar-refractivity contribution is 6.00. The molecule has 2 fully saturated rings. The van der Waals surface area contributed by atoms with Crippen molar-refractivity contribution in [3.63, 3.8) is 0 Å². The number of aromatic nitrogens is 1. The van der Waals surface area contributed by atoms with Gasteiger partial charge in [0.1, 0.15) is 42.1 Å². The zero-order valence-electron chi connectivity index (χ0n) is 36.7. The number of carbonyl (C=O) groups excluding carboxylic acids is 8. The van der Waals surface area contributed by atoms with Gasteiger partial charge in [-0.15, -0.1) is 0 Å². The van der Waals surface area contributed by atoms with Crippen LogP contribution in [0, 0.1) is 17.8 Å².